The first-order valence-corrected chi connectivity index (χ1v) is 6.25. The molecule has 0 aliphatic heterocycles. The van der Waals surface area contributed by atoms with Crippen LogP contribution in [0.1, 0.15) is 0 Å². The lowest BCUT2D eigenvalue weighted by Crippen LogP contribution is -1.79. The average Bonchev–Trinajstić information content (AvgIpc) is 2.32. The molecule has 17 heavy (non-hydrogen) atoms. The summed E-state index contributed by atoms with van der Waals surface area (Å²) in [5.41, 5.74) is 0. The Balaban J connectivity index is 2.48. The molecule has 0 spiro atoms. The van der Waals surface area contributed by atoms with Crippen molar-refractivity contribution in [1.82, 2.24) is 0 Å². The number of rotatable bonds is 0. The van der Waals surface area contributed by atoms with E-state index in [9.17, 15) is 0 Å². The SMILES string of the molecule is Clc1ccc2cc3c(Cl)c(Cl)ccc3cc2c1. The van der Waals surface area contributed by atoms with Crippen LogP contribution in [0.4, 0.5) is 0 Å². The quantitative estimate of drug-likeness (QED) is 0.446. The van der Waals surface area contributed by atoms with Crippen LogP contribution in [-0.4, -0.2) is 0 Å². The Kier molecular flexibility index (Phi) is 2.67. The molecular weight excluding hydrogens is 275 g/mol. The lowest BCUT2D eigenvalue weighted by atomic mass is 10.0. The number of hydrogen-bond donors (Lipinski definition) is 0. The van der Waals surface area contributed by atoms with Crippen molar-refractivity contribution >= 4 is 56.3 Å². The van der Waals surface area contributed by atoms with Gasteiger partial charge in [-0.05, 0) is 46.5 Å². The van der Waals surface area contributed by atoms with Gasteiger partial charge in [0, 0.05) is 10.4 Å². The van der Waals surface area contributed by atoms with Gasteiger partial charge in [0.1, 0.15) is 0 Å². The average molecular weight is 282 g/mol. The van der Waals surface area contributed by atoms with Crippen molar-refractivity contribution in [2.75, 3.05) is 0 Å². The van der Waals surface area contributed by atoms with Crippen LogP contribution < -0.4 is 0 Å². The van der Waals surface area contributed by atoms with E-state index in [1.807, 2.05) is 36.4 Å². The van der Waals surface area contributed by atoms with Crippen molar-refractivity contribution in [3.63, 3.8) is 0 Å². The monoisotopic (exact) mass is 280 g/mol. The van der Waals surface area contributed by atoms with E-state index in [2.05, 4.69) is 6.07 Å². The van der Waals surface area contributed by atoms with Crippen LogP contribution in [0, 0.1) is 0 Å². The molecule has 0 amide bonds. The molecule has 0 unspecified atom stereocenters. The molecule has 0 bridgehead atoms. The van der Waals surface area contributed by atoms with Gasteiger partial charge in [0.05, 0.1) is 10.0 Å². The van der Waals surface area contributed by atoms with Crippen molar-refractivity contribution in [1.29, 1.82) is 0 Å². The van der Waals surface area contributed by atoms with Gasteiger partial charge in [-0.15, -0.1) is 0 Å². The Bertz CT molecular complexity index is 732. The van der Waals surface area contributed by atoms with Crippen LogP contribution >= 0.6 is 34.8 Å². The summed E-state index contributed by atoms with van der Waals surface area (Å²) < 4.78 is 0. The normalized spacial score (nSPS) is 11.2. The minimum absolute atomic E-state index is 0.576. The maximum absolute atomic E-state index is 6.20. The fourth-order valence-electron chi connectivity index (χ4n) is 1.98. The lowest BCUT2D eigenvalue weighted by molar-refractivity contribution is 1.76. The molecule has 3 heteroatoms. The molecule has 3 aromatic rings. The van der Waals surface area contributed by atoms with E-state index < -0.39 is 0 Å². The standard InChI is InChI=1S/C14H7Cl3/c15-11-3-1-8-7-12-9(5-10(8)6-11)2-4-13(16)14(12)17/h1-7H. The van der Waals surface area contributed by atoms with Crippen molar-refractivity contribution in [3.8, 4) is 0 Å². The molecule has 0 saturated heterocycles. The number of benzene rings is 3. The van der Waals surface area contributed by atoms with Crippen molar-refractivity contribution in [3.05, 3.63) is 57.5 Å². The first-order chi connectivity index (χ1) is 8.15. The highest BCUT2D eigenvalue weighted by Crippen LogP contribution is 2.33. The highest BCUT2D eigenvalue weighted by molar-refractivity contribution is 6.45. The zero-order chi connectivity index (χ0) is 12.0. The Labute approximate surface area is 114 Å². The second-order valence-electron chi connectivity index (χ2n) is 3.93. The minimum atomic E-state index is 0.576. The molecule has 0 N–H and O–H groups in total. The molecule has 0 aliphatic rings. The fourth-order valence-corrected chi connectivity index (χ4v) is 2.55. The predicted octanol–water partition coefficient (Wildman–Crippen LogP) is 5.95. The van der Waals surface area contributed by atoms with Crippen LogP contribution in [0.2, 0.25) is 15.1 Å². The minimum Gasteiger partial charge on any atom is -0.0843 e. The molecule has 3 aromatic carbocycles. The number of halogens is 3. The molecule has 0 atom stereocenters. The third-order valence-electron chi connectivity index (χ3n) is 2.83. The van der Waals surface area contributed by atoms with E-state index in [-0.39, 0.29) is 0 Å². The zero-order valence-electron chi connectivity index (χ0n) is 8.68. The highest BCUT2D eigenvalue weighted by Gasteiger charge is 2.05. The van der Waals surface area contributed by atoms with Gasteiger partial charge in [0.15, 0.2) is 0 Å². The summed E-state index contributed by atoms with van der Waals surface area (Å²) in [6.45, 7) is 0. The van der Waals surface area contributed by atoms with Crippen molar-refractivity contribution in [2.45, 2.75) is 0 Å². The van der Waals surface area contributed by atoms with E-state index in [1.54, 1.807) is 0 Å². The maximum Gasteiger partial charge on any atom is 0.0670 e. The summed E-state index contributed by atoms with van der Waals surface area (Å²) in [7, 11) is 0. The van der Waals surface area contributed by atoms with Crippen LogP contribution in [0.5, 0.6) is 0 Å². The van der Waals surface area contributed by atoms with Gasteiger partial charge < -0.3 is 0 Å². The smallest absolute Gasteiger partial charge is 0.0670 e. The predicted molar refractivity (Wildman–Crippen MR) is 76.5 cm³/mol. The van der Waals surface area contributed by atoms with Crippen molar-refractivity contribution < 1.29 is 0 Å². The lowest BCUT2D eigenvalue weighted by Gasteiger charge is -2.05. The van der Waals surface area contributed by atoms with Crippen LogP contribution in [0.3, 0.4) is 0 Å². The first-order valence-electron chi connectivity index (χ1n) is 5.12. The molecule has 0 aromatic heterocycles. The molecular formula is C14H7Cl3. The number of fused-ring (bicyclic) bond motifs is 2. The summed E-state index contributed by atoms with van der Waals surface area (Å²) in [5.74, 6) is 0. The van der Waals surface area contributed by atoms with Crippen LogP contribution in [0.25, 0.3) is 21.5 Å². The molecule has 0 aliphatic carbocycles. The molecule has 84 valence electrons. The third kappa shape index (κ3) is 1.87. The Morgan fingerprint density at radius 2 is 1.41 bits per heavy atom. The van der Waals surface area contributed by atoms with Gasteiger partial charge in [-0.25, -0.2) is 0 Å². The topological polar surface area (TPSA) is 0 Å². The van der Waals surface area contributed by atoms with Gasteiger partial charge in [-0.1, -0.05) is 46.9 Å². The second kappa shape index (κ2) is 4.06. The van der Waals surface area contributed by atoms with E-state index in [0.29, 0.717) is 10.0 Å². The molecule has 0 nitrogen and oxygen atoms in total. The Morgan fingerprint density at radius 1 is 0.647 bits per heavy atom. The molecule has 3 rings (SSSR count). The first kappa shape index (κ1) is 11.2. The van der Waals surface area contributed by atoms with E-state index in [1.165, 1.54) is 0 Å². The summed E-state index contributed by atoms with van der Waals surface area (Å²) in [6.07, 6.45) is 0. The molecule has 0 radical (unpaired) electrons. The Hall–Kier alpha value is -0.950. The zero-order valence-corrected chi connectivity index (χ0v) is 10.9. The van der Waals surface area contributed by atoms with Crippen LogP contribution in [0.15, 0.2) is 42.5 Å². The number of hydrogen-bond acceptors (Lipinski definition) is 0. The molecule has 0 heterocycles. The highest BCUT2D eigenvalue weighted by atomic mass is 35.5. The Morgan fingerprint density at radius 3 is 2.24 bits per heavy atom. The summed E-state index contributed by atoms with van der Waals surface area (Å²) in [5, 5.41) is 6.14. The van der Waals surface area contributed by atoms with Gasteiger partial charge >= 0.3 is 0 Å². The van der Waals surface area contributed by atoms with E-state index in [4.69, 9.17) is 34.8 Å². The largest absolute Gasteiger partial charge is 0.0843 e. The fraction of sp³-hybridized carbons (Fsp3) is 0. The summed E-state index contributed by atoms with van der Waals surface area (Å²) in [6, 6.07) is 13.7. The maximum atomic E-state index is 6.20. The van der Waals surface area contributed by atoms with Gasteiger partial charge in [-0.2, -0.15) is 0 Å². The van der Waals surface area contributed by atoms with Crippen LogP contribution in [-0.2, 0) is 0 Å². The van der Waals surface area contributed by atoms with Gasteiger partial charge in [0.2, 0.25) is 0 Å². The molecule has 0 fully saturated rings. The van der Waals surface area contributed by atoms with Gasteiger partial charge in [-0.3, -0.25) is 0 Å². The molecule has 0 saturated carbocycles. The van der Waals surface area contributed by atoms with E-state index in [0.717, 1.165) is 26.6 Å². The summed E-state index contributed by atoms with van der Waals surface area (Å²) >= 11 is 18.2. The summed E-state index contributed by atoms with van der Waals surface area (Å²) in [4.78, 5) is 0. The second-order valence-corrected chi connectivity index (χ2v) is 5.15. The van der Waals surface area contributed by atoms with E-state index >= 15 is 0 Å². The van der Waals surface area contributed by atoms with Gasteiger partial charge in [0.25, 0.3) is 0 Å². The van der Waals surface area contributed by atoms with Crippen molar-refractivity contribution in [2.24, 2.45) is 0 Å². The third-order valence-corrected chi connectivity index (χ3v) is 3.88.